The molecule has 0 unspecified atom stereocenters. The summed E-state index contributed by atoms with van der Waals surface area (Å²) in [5.41, 5.74) is 0.703. The highest BCUT2D eigenvalue weighted by molar-refractivity contribution is 6.00. The van der Waals surface area contributed by atoms with Crippen molar-refractivity contribution in [3.8, 4) is 0 Å². The van der Waals surface area contributed by atoms with Crippen molar-refractivity contribution in [2.75, 3.05) is 0 Å². The second-order valence-corrected chi connectivity index (χ2v) is 3.48. The molecule has 2 rings (SSSR count). The molecule has 16 heavy (non-hydrogen) atoms. The average Bonchev–Trinajstić information content (AvgIpc) is 2.59. The molecule has 84 valence electrons. The van der Waals surface area contributed by atoms with E-state index in [0.717, 1.165) is 5.06 Å². The molecule has 0 atom stereocenters. The van der Waals surface area contributed by atoms with Gasteiger partial charge in [0.05, 0.1) is 0 Å². The topological polar surface area (TPSA) is 46.6 Å². The van der Waals surface area contributed by atoms with Crippen LogP contribution < -0.4 is 0 Å². The van der Waals surface area contributed by atoms with E-state index in [-0.39, 0.29) is 37.1 Å². The van der Waals surface area contributed by atoms with E-state index >= 15 is 0 Å². The van der Waals surface area contributed by atoms with Gasteiger partial charge in [-0.3, -0.25) is 14.4 Å². The van der Waals surface area contributed by atoms with E-state index in [0.29, 0.717) is 5.56 Å². The number of halogens is 1. The van der Waals surface area contributed by atoms with Crippen molar-refractivity contribution >= 4 is 11.8 Å². The summed E-state index contributed by atoms with van der Waals surface area (Å²) < 4.78 is 12.6. The minimum absolute atomic E-state index is 0.0811. The van der Waals surface area contributed by atoms with Crippen molar-refractivity contribution in [3.05, 3.63) is 35.6 Å². The zero-order chi connectivity index (χ0) is 11.5. The SMILES string of the molecule is O=C1CCC(=O)N1OCc1ccc(F)cc1. The summed E-state index contributed by atoms with van der Waals surface area (Å²) in [6, 6.07) is 5.68. The van der Waals surface area contributed by atoms with E-state index in [1.165, 1.54) is 12.1 Å². The molecule has 1 heterocycles. The van der Waals surface area contributed by atoms with E-state index in [4.69, 9.17) is 4.84 Å². The fourth-order valence-corrected chi connectivity index (χ4v) is 1.42. The van der Waals surface area contributed by atoms with E-state index in [1.54, 1.807) is 12.1 Å². The molecule has 5 heteroatoms. The lowest BCUT2D eigenvalue weighted by molar-refractivity contribution is -0.191. The molecule has 1 fully saturated rings. The molecule has 1 saturated heterocycles. The molecule has 0 aromatic heterocycles. The van der Waals surface area contributed by atoms with Crippen LogP contribution in [-0.2, 0) is 21.0 Å². The smallest absolute Gasteiger partial charge is 0.254 e. The van der Waals surface area contributed by atoms with Crippen LogP contribution in [0.3, 0.4) is 0 Å². The molecular weight excluding hydrogens is 213 g/mol. The van der Waals surface area contributed by atoms with Crippen LogP contribution in [0.5, 0.6) is 0 Å². The van der Waals surface area contributed by atoms with Gasteiger partial charge in [-0.05, 0) is 17.7 Å². The molecule has 0 radical (unpaired) electrons. The van der Waals surface area contributed by atoms with Crippen LogP contribution in [-0.4, -0.2) is 16.9 Å². The minimum atomic E-state index is -0.336. The Bertz CT molecular complexity index is 400. The monoisotopic (exact) mass is 223 g/mol. The number of carbonyl (C=O) groups is 2. The summed E-state index contributed by atoms with van der Waals surface area (Å²) in [6.45, 7) is 0.0811. The average molecular weight is 223 g/mol. The molecule has 2 amide bonds. The maximum Gasteiger partial charge on any atom is 0.254 e. The van der Waals surface area contributed by atoms with Gasteiger partial charge >= 0.3 is 0 Å². The number of hydrogen-bond acceptors (Lipinski definition) is 3. The molecule has 1 aromatic carbocycles. The Labute approximate surface area is 91.6 Å². The maximum absolute atomic E-state index is 12.6. The number of hydrogen-bond donors (Lipinski definition) is 0. The maximum atomic E-state index is 12.6. The third-order valence-corrected chi connectivity index (χ3v) is 2.28. The first-order valence-electron chi connectivity index (χ1n) is 4.90. The number of nitrogens with zero attached hydrogens (tertiary/aromatic N) is 1. The van der Waals surface area contributed by atoms with Gasteiger partial charge in [0.15, 0.2) is 0 Å². The Hall–Kier alpha value is -1.75. The second-order valence-electron chi connectivity index (χ2n) is 3.48. The fourth-order valence-electron chi connectivity index (χ4n) is 1.42. The van der Waals surface area contributed by atoms with Crippen LogP contribution in [0.4, 0.5) is 4.39 Å². The standard InChI is InChI=1S/C11H10FNO3/c12-9-3-1-8(2-4-9)7-16-13-10(14)5-6-11(13)15/h1-4H,5-7H2. The summed E-state index contributed by atoms with van der Waals surface area (Å²) in [5.74, 6) is -0.990. The lowest BCUT2D eigenvalue weighted by Crippen LogP contribution is -2.28. The lowest BCUT2D eigenvalue weighted by atomic mass is 10.2. The van der Waals surface area contributed by atoms with Gasteiger partial charge in [0.25, 0.3) is 11.8 Å². The third kappa shape index (κ3) is 2.25. The Morgan fingerprint density at radius 2 is 1.69 bits per heavy atom. The molecule has 1 aliphatic heterocycles. The number of carbonyl (C=O) groups excluding carboxylic acids is 2. The second kappa shape index (κ2) is 4.40. The Morgan fingerprint density at radius 1 is 1.12 bits per heavy atom. The number of imide groups is 1. The summed E-state index contributed by atoms with van der Waals surface area (Å²) >= 11 is 0. The molecule has 0 aliphatic carbocycles. The fraction of sp³-hybridized carbons (Fsp3) is 0.273. The van der Waals surface area contributed by atoms with Crippen LogP contribution in [0.2, 0.25) is 0 Å². The van der Waals surface area contributed by atoms with Crippen molar-refractivity contribution in [1.82, 2.24) is 5.06 Å². The zero-order valence-corrected chi connectivity index (χ0v) is 8.48. The van der Waals surface area contributed by atoms with Crippen molar-refractivity contribution in [2.45, 2.75) is 19.4 Å². The van der Waals surface area contributed by atoms with Gasteiger partial charge < -0.3 is 0 Å². The van der Waals surface area contributed by atoms with Crippen molar-refractivity contribution in [2.24, 2.45) is 0 Å². The van der Waals surface area contributed by atoms with Crippen molar-refractivity contribution in [1.29, 1.82) is 0 Å². The molecule has 1 aromatic rings. The van der Waals surface area contributed by atoms with E-state index < -0.39 is 0 Å². The molecule has 0 bridgehead atoms. The molecule has 0 N–H and O–H groups in total. The molecule has 0 spiro atoms. The largest absolute Gasteiger partial charge is 0.272 e. The van der Waals surface area contributed by atoms with Crippen LogP contribution in [0, 0.1) is 5.82 Å². The highest BCUT2D eigenvalue weighted by Crippen LogP contribution is 2.14. The molecule has 4 nitrogen and oxygen atoms in total. The zero-order valence-electron chi connectivity index (χ0n) is 8.48. The van der Waals surface area contributed by atoms with Gasteiger partial charge in [-0.2, -0.15) is 5.06 Å². The van der Waals surface area contributed by atoms with Crippen molar-refractivity contribution in [3.63, 3.8) is 0 Å². The van der Waals surface area contributed by atoms with E-state index in [1.807, 2.05) is 0 Å². The van der Waals surface area contributed by atoms with Crippen LogP contribution in [0.25, 0.3) is 0 Å². The van der Waals surface area contributed by atoms with Gasteiger partial charge in [0.2, 0.25) is 0 Å². The van der Waals surface area contributed by atoms with Gasteiger partial charge in [0, 0.05) is 12.8 Å². The Morgan fingerprint density at radius 3 is 2.25 bits per heavy atom. The number of rotatable bonds is 3. The predicted octanol–water partition coefficient (Wildman–Crippen LogP) is 1.41. The number of hydroxylamine groups is 2. The lowest BCUT2D eigenvalue weighted by Gasteiger charge is -2.12. The van der Waals surface area contributed by atoms with E-state index in [9.17, 15) is 14.0 Å². The Kier molecular flexibility index (Phi) is 2.96. The highest BCUT2D eigenvalue weighted by Gasteiger charge is 2.30. The first kappa shape index (κ1) is 10.8. The number of amides is 2. The van der Waals surface area contributed by atoms with E-state index in [2.05, 4.69) is 0 Å². The summed E-state index contributed by atoms with van der Waals surface area (Å²) in [5, 5.41) is 0.781. The number of benzene rings is 1. The first-order valence-corrected chi connectivity index (χ1v) is 4.90. The highest BCUT2D eigenvalue weighted by atomic mass is 19.1. The van der Waals surface area contributed by atoms with Crippen LogP contribution in [0.1, 0.15) is 18.4 Å². The third-order valence-electron chi connectivity index (χ3n) is 2.28. The predicted molar refractivity (Wildman–Crippen MR) is 52.3 cm³/mol. The summed E-state index contributed by atoms with van der Waals surface area (Å²) in [4.78, 5) is 27.4. The quantitative estimate of drug-likeness (QED) is 0.728. The summed E-state index contributed by atoms with van der Waals surface area (Å²) in [7, 11) is 0. The van der Waals surface area contributed by atoms with Crippen molar-refractivity contribution < 1.29 is 18.8 Å². The Balaban J connectivity index is 1.94. The molecule has 0 saturated carbocycles. The van der Waals surface area contributed by atoms with Gasteiger partial charge in [-0.15, -0.1) is 0 Å². The van der Waals surface area contributed by atoms with Gasteiger partial charge in [-0.1, -0.05) is 12.1 Å². The normalized spacial score (nSPS) is 15.9. The van der Waals surface area contributed by atoms with Gasteiger partial charge in [-0.25, -0.2) is 4.39 Å². The minimum Gasteiger partial charge on any atom is -0.272 e. The first-order chi connectivity index (χ1) is 7.66. The van der Waals surface area contributed by atoms with Crippen LogP contribution >= 0.6 is 0 Å². The molecular formula is C11H10FNO3. The molecule has 1 aliphatic rings. The van der Waals surface area contributed by atoms with Gasteiger partial charge in [0.1, 0.15) is 12.4 Å². The van der Waals surface area contributed by atoms with Crippen LogP contribution in [0.15, 0.2) is 24.3 Å². The summed E-state index contributed by atoms with van der Waals surface area (Å²) in [6.07, 6.45) is 0.393.